The van der Waals surface area contributed by atoms with Crippen LogP contribution in [0.25, 0.3) is 17.3 Å². The van der Waals surface area contributed by atoms with E-state index >= 15 is 0 Å². The van der Waals surface area contributed by atoms with E-state index in [1.807, 2.05) is 0 Å². The molecular formula is C60H61N3. The zero-order valence-electron chi connectivity index (χ0n) is 37.0. The van der Waals surface area contributed by atoms with Crippen molar-refractivity contribution in [2.24, 2.45) is 41.4 Å². The smallest absolute Gasteiger partial charge is 0.148 e. The molecule has 0 aliphatic heterocycles. The fraction of sp³-hybridized carbons (Fsp3) is 0.400. The van der Waals surface area contributed by atoms with Crippen molar-refractivity contribution in [1.82, 2.24) is 14.4 Å². The van der Waals surface area contributed by atoms with Gasteiger partial charge in [-0.25, -0.2) is 9.97 Å². The number of hydrogen-bond donors (Lipinski definition) is 0. The second-order valence-corrected chi connectivity index (χ2v) is 20.4. The summed E-state index contributed by atoms with van der Waals surface area (Å²) >= 11 is 0. The minimum absolute atomic E-state index is 0.520. The lowest BCUT2D eigenvalue weighted by atomic mass is 9.52. The topological polar surface area (TPSA) is 30.2 Å². The van der Waals surface area contributed by atoms with Crippen molar-refractivity contribution in [3.05, 3.63) is 194 Å². The van der Waals surface area contributed by atoms with E-state index in [1.54, 1.807) is 27.9 Å². The fourth-order valence-electron chi connectivity index (χ4n) is 14.3. The van der Waals surface area contributed by atoms with Gasteiger partial charge in [0.2, 0.25) is 0 Å². The van der Waals surface area contributed by atoms with Crippen LogP contribution in [-0.2, 0) is 19.3 Å². The van der Waals surface area contributed by atoms with Gasteiger partial charge in [0.15, 0.2) is 0 Å². The van der Waals surface area contributed by atoms with E-state index in [4.69, 9.17) is 9.97 Å². The van der Waals surface area contributed by atoms with E-state index in [0.29, 0.717) is 41.4 Å². The van der Waals surface area contributed by atoms with E-state index in [2.05, 4.69) is 126 Å². The highest BCUT2D eigenvalue weighted by Gasteiger charge is 2.49. The zero-order valence-corrected chi connectivity index (χ0v) is 37.0. The minimum Gasteiger partial charge on any atom is -0.280 e. The van der Waals surface area contributed by atoms with Gasteiger partial charge in [-0.3, -0.25) is 4.40 Å². The molecule has 0 amide bonds. The molecule has 2 aromatic rings. The summed E-state index contributed by atoms with van der Waals surface area (Å²) in [5.41, 5.74) is 22.1. The average Bonchev–Trinajstić information content (AvgIpc) is 3.75. The highest BCUT2D eigenvalue weighted by molar-refractivity contribution is 5.78. The Morgan fingerprint density at radius 1 is 0.508 bits per heavy atom. The Bertz CT molecular complexity index is 2790. The first kappa shape index (κ1) is 38.2. The van der Waals surface area contributed by atoms with Crippen LogP contribution in [0.4, 0.5) is 0 Å². The molecule has 3 heteroatoms. The summed E-state index contributed by atoms with van der Waals surface area (Å²) in [4.78, 5) is 11.2. The van der Waals surface area contributed by atoms with E-state index in [-0.39, 0.29) is 0 Å². The van der Waals surface area contributed by atoms with Gasteiger partial charge in [-0.1, -0.05) is 115 Å². The lowest BCUT2D eigenvalue weighted by Crippen LogP contribution is -2.43. The Morgan fingerprint density at radius 2 is 1.29 bits per heavy atom. The van der Waals surface area contributed by atoms with E-state index in [0.717, 1.165) is 82.1 Å². The van der Waals surface area contributed by atoms with Crippen LogP contribution >= 0.6 is 0 Å². The Kier molecular flexibility index (Phi) is 9.55. The van der Waals surface area contributed by atoms with Crippen molar-refractivity contribution in [3.63, 3.8) is 0 Å². The maximum absolute atomic E-state index is 5.66. The van der Waals surface area contributed by atoms with Gasteiger partial charge < -0.3 is 0 Å². The Hall–Kier alpha value is -5.28. The summed E-state index contributed by atoms with van der Waals surface area (Å²) in [5.74, 6) is 5.22. The lowest BCUT2D eigenvalue weighted by molar-refractivity contribution is 0.153. The first-order valence-corrected chi connectivity index (χ1v) is 25.1. The molecule has 2 heterocycles. The molecule has 316 valence electrons. The van der Waals surface area contributed by atoms with Gasteiger partial charge in [0, 0.05) is 11.3 Å². The average molecular weight is 824 g/mol. The van der Waals surface area contributed by atoms with Crippen molar-refractivity contribution in [1.29, 1.82) is 0 Å². The number of imidazole rings is 1. The predicted molar refractivity (Wildman–Crippen MR) is 259 cm³/mol. The molecule has 63 heavy (non-hydrogen) atoms. The maximum Gasteiger partial charge on any atom is 0.148 e. The van der Waals surface area contributed by atoms with Crippen LogP contribution in [0.2, 0.25) is 0 Å². The summed E-state index contributed by atoms with van der Waals surface area (Å²) < 4.78 is 2.53. The third kappa shape index (κ3) is 6.41. The molecule has 0 spiro atoms. The molecule has 0 saturated heterocycles. The third-order valence-electron chi connectivity index (χ3n) is 17.3. The Morgan fingerprint density at radius 3 is 2.21 bits per heavy atom. The second-order valence-electron chi connectivity index (χ2n) is 20.4. The molecule has 0 saturated carbocycles. The normalized spacial score (nSPS) is 31.5. The molecule has 7 atom stereocenters. The molecule has 0 bridgehead atoms. The summed E-state index contributed by atoms with van der Waals surface area (Å²) in [6, 6.07) is 0. The van der Waals surface area contributed by atoms with E-state index in [1.165, 1.54) is 89.0 Å². The van der Waals surface area contributed by atoms with Gasteiger partial charge in [0.05, 0.1) is 11.4 Å². The molecule has 0 fully saturated rings. The molecule has 0 radical (unpaired) electrons. The number of hydrogen-bond acceptors (Lipinski definition) is 2. The van der Waals surface area contributed by atoms with Crippen LogP contribution in [0.1, 0.15) is 118 Å². The van der Waals surface area contributed by atoms with Crippen molar-refractivity contribution >= 4 is 17.3 Å². The van der Waals surface area contributed by atoms with E-state index < -0.39 is 0 Å². The van der Waals surface area contributed by atoms with Crippen LogP contribution in [-0.4, -0.2) is 14.4 Å². The zero-order chi connectivity index (χ0) is 41.4. The lowest BCUT2D eigenvalue weighted by Gasteiger charge is -2.52. The third-order valence-corrected chi connectivity index (χ3v) is 17.3. The van der Waals surface area contributed by atoms with Gasteiger partial charge >= 0.3 is 0 Å². The van der Waals surface area contributed by atoms with Crippen LogP contribution < -0.4 is 0 Å². The van der Waals surface area contributed by atoms with Crippen molar-refractivity contribution in [2.75, 3.05) is 0 Å². The van der Waals surface area contributed by atoms with Crippen molar-refractivity contribution < 1.29 is 0 Å². The largest absolute Gasteiger partial charge is 0.280 e. The quantitative estimate of drug-likeness (QED) is 0.301. The van der Waals surface area contributed by atoms with E-state index in [9.17, 15) is 0 Å². The van der Waals surface area contributed by atoms with Gasteiger partial charge in [0.25, 0.3) is 0 Å². The second kappa shape index (κ2) is 15.8. The molecule has 11 aliphatic carbocycles. The number of nitrogens with zero attached hydrogens (tertiary/aromatic N) is 3. The first-order chi connectivity index (χ1) is 31.2. The van der Waals surface area contributed by atoms with Crippen molar-refractivity contribution in [3.8, 4) is 0 Å². The molecule has 0 aromatic carbocycles. The summed E-state index contributed by atoms with van der Waals surface area (Å²) in [6.07, 6.45) is 68.4. The summed E-state index contributed by atoms with van der Waals surface area (Å²) in [7, 11) is 0. The van der Waals surface area contributed by atoms with Gasteiger partial charge in [-0.15, -0.1) is 0 Å². The van der Waals surface area contributed by atoms with Crippen LogP contribution in [0.5, 0.6) is 0 Å². The minimum atomic E-state index is 0.520. The number of aryl methyl sites for hydroxylation is 3. The molecule has 13 rings (SSSR count). The standard InChI is InChI=1S/C60H61N3/c1-2-14-38(15-3-1)39-28-30-42(31-29-39)59-61-54-35-33-44(37-53(54)60-62-55-26-10-11-27-56(55)63(59)60)43-32-34-51-52(36-43)58(48-25-13-19-41-17-5-7-21-46(41)48)50-23-9-8-22-49(50)57(51)47-24-12-18-40-16-4-6-20-45(40)47/h1-2,4-5,7-9,12-14,16-19,23-24,28,30,36-37,45-49,51,57H,3,6,10-11,15,20-22,25-27,29,31-35H2. The molecule has 7 unspecified atom stereocenters. The Balaban J connectivity index is 0.939. The number of aromatic nitrogens is 3. The predicted octanol–water partition coefficient (Wildman–Crippen LogP) is 14.2. The number of allylic oxidation sites excluding steroid dienone is 29. The SMILES string of the molecule is C1=CCCC(C2=CC=C(c3nc4c(c5nc6c(n35)CCCC6)C=C(C3=CC5=C(C6CC=CC7=CC=CCC76)C6=CC=CCC6C(C6C=CC=C7C=CCCC76)C5CC3)CC4)CC2)=C1. The highest BCUT2D eigenvalue weighted by Crippen LogP contribution is 2.59. The van der Waals surface area contributed by atoms with Gasteiger partial charge in [0.1, 0.15) is 11.5 Å². The first-order valence-electron chi connectivity index (χ1n) is 25.1. The number of rotatable bonds is 5. The Labute approximate surface area is 374 Å². The maximum atomic E-state index is 5.66. The molecule has 0 N–H and O–H groups in total. The van der Waals surface area contributed by atoms with Gasteiger partial charge in [-0.2, -0.15) is 0 Å². The summed E-state index contributed by atoms with van der Waals surface area (Å²) in [6.45, 7) is 0. The van der Waals surface area contributed by atoms with Crippen LogP contribution in [0, 0.1) is 41.4 Å². The fourth-order valence-corrected chi connectivity index (χ4v) is 14.3. The molecule has 3 nitrogen and oxygen atoms in total. The molecule has 11 aliphatic rings. The van der Waals surface area contributed by atoms with Gasteiger partial charge in [-0.05, 0) is 212 Å². The molecule has 2 aromatic heterocycles. The monoisotopic (exact) mass is 823 g/mol. The van der Waals surface area contributed by atoms with Crippen LogP contribution in [0.3, 0.4) is 0 Å². The molecular weight excluding hydrogens is 763 g/mol. The summed E-state index contributed by atoms with van der Waals surface area (Å²) in [5, 5.41) is 0. The number of fused-ring (bicyclic) bond motifs is 9. The van der Waals surface area contributed by atoms with Crippen LogP contribution in [0.15, 0.2) is 166 Å². The van der Waals surface area contributed by atoms with Crippen molar-refractivity contribution in [2.45, 2.75) is 109 Å². The highest BCUT2D eigenvalue weighted by atomic mass is 15.1.